The van der Waals surface area contributed by atoms with Crippen LogP contribution in [-0.2, 0) is 40.8 Å². The number of aryl methyl sites for hydroxylation is 2. The lowest BCUT2D eigenvalue weighted by Gasteiger charge is -2.27. The lowest BCUT2D eigenvalue weighted by atomic mass is 9.92. The minimum atomic E-state index is -0.883. The molecule has 12 heteroatoms. The second kappa shape index (κ2) is 14.6. The molecule has 2 aromatic carbocycles. The second-order valence-corrected chi connectivity index (χ2v) is 12.9. The van der Waals surface area contributed by atoms with Crippen molar-refractivity contribution < 1.29 is 33.4 Å². The number of aromatic nitrogens is 1. The minimum absolute atomic E-state index is 0.0553. The van der Waals surface area contributed by atoms with Crippen molar-refractivity contribution in [2.24, 2.45) is 12.0 Å². The summed E-state index contributed by atoms with van der Waals surface area (Å²) in [4.78, 5) is 80.6. The van der Waals surface area contributed by atoms with E-state index in [1.807, 2.05) is 18.2 Å². The van der Waals surface area contributed by atoms with Gasteiger partial charge >= 0.3 is 0 Å². The summed E-state index contributed by atoms with van der Waals surface area (Å²) >= 11 is 0. The molecule has 1 aromatic heterocycles. The number of benzene rings is 2. The van der Waals surface area contributed by atoms with E-state index in [0.29, 0.717) is 61.4 Å². The van der Waals surface area contributed by atoms with Crippen LogP contribution in [0.4, 0.5) is 0 Å². The Morgan fingerprint density at radius 1 is 0.920 bits per heavy atom. The molecule has 3 aromatic rings. The molecule has 1 saturated carbocycles. The molecule has 12 nitrogen and oxygen atoms in total. The topological polar surface area (TPSA) is 153 Å². The number of unbranched alkanes of at least 4 members (excludes halogenated alkanes) is 1. The van der Waals surface area contributed by atoms with Crippen LogP contribution in [0.15, 0.2) is 46.3 Å². The van der Waals surface area contributed by atoms with Gasteiger partial charge in [-0.25, -0.2) is 0 Å². The van der Waals surface area contributed by atoms with Crippen LogP contribution in [0, 0.1) is 0 Å². The first-order valence-electron chi connectivity index (χ1n) is 16.9. The first-order valence-corrected chi connectivity index (χ1v) is 16.9. The Morgan fingerprint density at radius 3 is 2.38 bits per heavy atom. The number of hydrogen-bond donors (Lipinski definition) is 1. The molecule has 2 aliphatic heterocycles. The number of hydrogen-bond acceptors (Lipinski definition) is 9. The first kappa shape index (κ1) is 34.5. The summed E-state index contributed by atoms with van der Waals surface area (Å²) in [6, 6.07) is 8.13. The van der Waals surface area contributed by atoms with Gasteiger partial charge in [-0.2, -0.15) is 0 Å². The van der Waals surface area contributed by atoms with E-state index in [1.165, 1.54) is 0 Å². The molecule has 0 radical (unpaired) electrons. The molecule has 0 bridgehead atoms. The van der Waals surface area contributed by atoms with Gasteiger partial charge in [0.1, 0.15) is 17.3 Å². The third-order valence-electron chi connectivity index (χ3n) is 9.68. The number of ether oxygens (including phenoxy) is 2. The molecule has 50 heavy (non-hydrogen) atoms. The Bertz CT molecular complexity index is 1970. The normalized spacial score (nSPS) is 16.5. The van der Waals surface area contributed by atoms with Crippen molar-refractivity contribution >= 4 is 35.5 Å². The Kier molecular flexibility index (Phi) is 10.1. The van der Waals surface area contributed by atoms with Gasteiger partial charge in [0.15, 0.2) is 5.78 Å². The first-order chi connectivity index (χ1) is 24.1. The molecule has 1 unspecified atom stereocenters. The molecule has 1 N–H and O–H groups in total. The number of fused-ring (bicyclic) bond motifs is 2. The van der Waals surface area contributed by atoms with Crippen molar-refractivity contribution in [3.8, 4) is 22.6 Å². The van der Waals surface area contributed by atoms with Crippen LogP contribution in [-0.4, -0.2) is 71.8 Å². The standard InChI is InChI=1S/C38H40N4O8/c1-41-21-30(28-19-39-20-29(28)36(41)46)23-16-33(49-2)26(34(17-23)50-3)8-6-9-35(45)40-14-5-4-7-22-10-12-25-27(15-22)38(48)42(37(25)47)31-13-11-24(43)18-32(31)44/h10,12,15-17,19,21,31H,4-9,11,13-14,18,20H2,1-3H3,(H,40,45). The predicted molar refractivity (Wildman–Crippen MR) is 185 cm³/mol. The van der Waals surface area contributed by atoms with E-state index in [2.05, 4.69) is 10.3 Å². The zero-order chi connectivity index (χ0) is 35.5. The van der Waals surface area contributed by atoms with Crippen LogP contribution < -0.4 is 20.3 Å². The van der Waals surface area contributed by atoms with Gasteiger partial charge in [0.25, 0.3) is 17.4 Å². The number of rotatable bonds is 13. The van der Waals surface area contributed by atoms with Crippen molar-refractivity contribution in [1.82, 2.24) is 14.8 Å². The lowest BCUT2D eigenvalue weighted by molar-refractivity contribution is -0.132. The SMILES string of the molecule is COc1cc(-c2cn(C)c(=O)c3c2C=NC3)cc(OC)c1CCCC(=O)NCCCCc1ccc2c(c1)C(=O)N(C1CCC(=O)CC1=O)C2=O. The quantitative estimate of drug-likeness (QED) is 0.163. The van der Waals surface area contributed by atoms with Crippen LogP contribution in [0.25, 0.3) is 11.1 Å². The summed E-state index contributed by atoms with van der Waals surface area (Å²) in [5, 5.41) is 2.98. The molecular weight excluding hydrogens is 640 g/mol. The summed E-state index contributed by atoms with van der Waals surface area (Å²) in [5.41, 5.74) is 5.45. The van der Waals surface area contributed by atoms with Crippen molar-refractivity contribution in [3.05, 3.63) is 80.3 Å². The molecule has 1 aliphatic carbocycles. The van der Waals surface area contributed by atoms with Crippen LogP contribution >= 0.6 is 0 Å². The van der Waals surface area contributed by atoms with Crippen LogP contribution in [0.3, 0.4) is 0 Å². The van der Waals surface area contributed by atoms with E-state index in [1.54, 1.807) is 50.4 Å². The maximum atomic E-state index is 13.1. The van der Waals surface area contributed by atoms with Crippen LogP contribution in [0.2, 0.25) is 0 Å². The highest BCUT2D eigenvalue weighted by molar-refractivity contribution is 6.23. The fourth-order valence-electron chi connectivity index (χ4n) is 7.03. The molecular formula is C38H40N4O8. The van der Waals surface area contributed by atoms with E-state index in [-0.39, 0.29) is 47.9 Å². The monoisotopic (exact) mass is 680 g/mol. The number of imide groups is 1. The van der Waals surface area contributed by atoms with Gasteiger partial charge in [-0.1, -0.05) is 6.07 Å². The fourth-order valence-corrected chi connectivity index (χ4v) is 7.03. The molecule has 1 fully saturated rings. The third-order valence-corrected chi connectivity index (χ3v) is 9.68. The Labute approximate surface area is 289 Å². The van der Waals surface area contributed by atoms with Gasteiger partial charge in [0.05, 0.1) is 44.4 Å². The lowest BCUT2D eigenvalue weighted by Crippen LogP contribution is -2.47. The number of pyridine rings is 1. The zero-order valence-electron chi connectivity index (χ0n) is 28.5. The summed E-state index contributed by atoms with van der Waals surface area (Å²) in [6.45, 7) is 0.868. The number of ketones is 2. The van der Waals surface area contributed by atoms with Gasteiger partial charge in [0, 0.05) is 61.1 Å². The van der Waals surface area contributed by atoms with E-state index < -0.39 is 17.9 Å². The van der Waals surface area contributed by atoms with Gasteiger partial charge in [-0.15, -0.1) is 0 Å². The number of amides is 3. The summed E-state index contributed by atoms with van der Waals surface area (Å²) in [7, 11) is 4.92. The number of aliphatic imine (C=N–C) groups is 1. The summed E-state index contributed by atoms with van der Waals surface area (Å²) < 4.78 is 13.0. The highest BCUT2D eigenvalue weighted by Gasteiger charge is 2.44. The highest BCUT2D eigenvalue weighted by Crippen LogP contribution is 2.38. The third kappa shape index (κ3) is 6.74. The van der Waals surface area contributed by atoms with Crippen LogP contribution in [0.5, 0.6) is 11.5 Å². The minimum Gasteiger partial charge on any atom is -0.496 e. The van der Waals surface area contributed by atoms with E-state index in [0.717, 1.165) is 45.6 Å². The maximum Gasteiger partial charge on any atom is 0.262 e. The largest absolute Gasteiger partial charge is 0.496 e. The average Bonchev–Trinajstić information content (AvgIpc) is 3.69. The average molecular weight is 681 g/mol. The maximum absolute atomic E-state index is 13.1. The summed E-state index contributed by atoms with van der Waals surface area (Å²) in [5.74, 6) is -0.294. The smallest absolute Gasteiger partial charge is 0.262 e. The zero-order valence-corrected chi connectivity index (χ0v) is 28.5. The van der Waals surface area contributed by atoms with Crippen molar-refractivity contribution in [1.29, 1.82) is 0 Å². The van der Waals surface area contributed by atoms with Crippen LogP contribution in [0.1, 0.15) is 87.9 Å². The van der Waals surface area contributed by atoms with Gasteiger partial charge in [0.2, 0.25) is 5.91 Å². The number of methoxy groups -OCH3 is 2. The number of nitrogens with zero attached hydrogens (tertiary/aromatic N) is 3. The number of Topliss-reactive ketones (excluding diaryl/α,β-unsaturated/α-hetero) is 2. The number of nitrogens with one attached hydrogen (secondary N) is 1. The molecule has 1 atom stereocenters. The Hall–Kier alpha value is -5.39. The van der Waals surface area contributed by atoms with Crippen molar-refractivity contribution in [2.75, 3.05) is 20.8 Å². The Balaban J connectivity index is 0.979. The molecule has 3 aliphatic rings. The summed E-state index contributed by atoms with van der Waals surface area (Å²) in [6.07, 6.45) is 7.28. The molecule has 260 valence electrons. The number of carbonyl (C=O) groups is 5. The molecule has 0 saturated heterocycles. The fraction of sp³-hybridized carbons (Fsp3) is 0.395. The van der Waals surface area contributed by atoms with Gasteiger partial charge in [-0.3, -0.25) is 38.7 Å². The van der Waals surface area contributed by atoms with E-state index in [4.69, 9.17) is 9.47 Å². The molecule has 3 amide bonds. The second-order valence-electron chi connectivity index (χ2n) is 12.9. The van der Waals surface area contributed by atoms with Crippen molar-refractivity contribution in [2.45, 2.75) is 70.4 Å². The van der Waals surface area contributed by atoms with E-state index >= 15 is 0 Å². The molecule has 0 spiro atoms. The number of carbonyl (C=O) groups excluding carboxylic acids is 5. The van der Waals surface area contributed by atoms with E-state index in [9.17, 15) is 28.8 Å². The molecule has 6 rings (SSSR count). The Morgan fingerprint density at radius 2 is 1.66 bits per heavy atom. The van der Waals surface area contributed by atoms with Gasteiger partial charge in [-0.05, 0) is 73.9 Å². The highest BCUT2D eigenvalue weighted by atomic mass is 16.5. The predicted octanol–water partition coefficient (Wildman–Crippen LogP) is 3.75. The van der Waals surface area contributed by atoms with Gasteiger partial charge < -0.3 is 19.4 Å². The molecule has 3 heterocycles. The van der Waals surface area contributed by atoms with Crippen molar-refractivity contribution in [3.63, 3.8) is 0 Å².